The van der Waals surface area contributed by atoms with Gasteiger partial charge < -0.3 is 10.4 Å². The predicted molar refractivity (Wildman–Crippen MR) is 65.5 cm³/mol. The summed E-state index contributed by atoms with van der Waals surface area (Å²) in [5, 5.41) is 12.2. The standard InChI is InChI=1S/C12H21N3O/c1-4-11(5-6-16)8-13-12-7-9(2)14-10(3)15-12/h7,11,16H,4-6,8H2,1-3H3,(H,13,14,15). The molecule has 4 nitrogen and oxygen atoms in total. The molecule has 0 aliphatic carbocycles. The lowest BCUT2D eigenvalue weighted by atomic mass is 10.0. The van der Waals surface area contributed by atoms with Crippen molar-refractivity contribution < 1.29 is 5.11 Å². The third-order valence-corrected chi connectivity index (χ3v) is 2.65. The Morgan fingerprint density at radius 2 is 2.12 bits per heavy atom. The van der Waals surface area contributed by atoms with Crippen LogP contribution in [0.2, 0.25) is 0 Å². The van der Waals surface area contributed by atoms with E-state index in [0.717, 1.165) is 36.7 Å². The van der Waals surface area contributed by atoms with Crippen LogP contribution in [-0.4, -0.2) is 28.2 Å². The maximum absolute atomic E-state index is 8.90. The number of rotatable bonds is 6. The summed E-state index contributed by atoms with van der Waals surface area (Å²) >= 11 is 0. The Labute approximate surface area is 97.1 Å². The van der Waals surface area contributed by atoms with E-state index in [1.54, 1.807) is 0 Å². The van der Waals surface area contributed by atoms with Crippen LogP contribution in [0.4, 0.5) is 5.82 Å². The molecule has 0 aliphatic rings. The lowest BCUT2D eigenvalue weighted by molar-refractivity contribution is 0.258. The van der Waals surface area contributed by atoms with Gasteiger partial charge in [0.25, 0.3) is 0 Å². The summed E-state index contributed by atoms with van der Waals surface area (Å²) in [6.07, 6.45) is 1.91. The number of aliphatic hydroxyl groups is 1. The molecule has 90 valence electrons. The Hall–Kier alpha value is -1.16. The van der Waals surface area contributed by atoms with Crippen LogP contribution in [0.15, 0.2) is 6.07 Å². The highest BCUT2D eigenvalue weighted by Crippen LogP contribution is 2.11. The van der Waals surface area contributed by atoms with E-state index in [4.69, 9.17) is 5.11 Å². The van der Waals surface area contributed by atoms with Gasteiger partial charge in [-0.3, -0.25) is 0 Å². The average molecular weight is 223 g/mol. The minimum absolute atomic E-state index is 0.252. The second kappa shape index (κ2) is 6.43. The first kappa shape index (κ1) is 12.9. The van der Waals surface area contributed by atoms with Crippen LogP contribution in [0.5, 0.6) is 0 Å². The summed E-state index contributed by atoms with van der Waals surface area (Å²) in [5.41, 5.74) is 0.977. The van der Waals surface area contributed by atoms with Crippen molar-refractivity contribution in [1.29, 1.82) is 0 Å². The molecule has 1 unspecified atom stereocenters. The lowest BCUT2D eigenvalue weighted by Crippen LogP contribution is -2.16. The molecule has 0 aromatic carbocycles. The number of nitrogens with one attached hydrogen (secondary N) is 1. The molecule has 16 heavy (non-hydrogen) atoms. The Balaban J connectivity index is 2.52. The normalized spacial score (nSPS) is 12.5. The number of aliphatic hydroxyl groups excluding tert-OH is 1. The molecule has 0 aliphatic heterocycles. The average Bonchev–Trinajstić information content (AvgIpc) is 2.23. The number of aryl methyl sites for hydroxylation is 2. The number of hydrogen-bond donors (Lipinski definition) is 2. The topological polar surface area (TPSA) is 58.0 Å². The highest BCUT2D eigenvalue weighted by atomic mass is 16.3. The molecule has 0 fully saturated rings. The number of aromatic nitrogens is 2. The molecule has 0 saturated heterocycles. The zero-order chi connectivity index (χ0) is 12.0. The molecule has 0 spiro atoms. The van der Waals surface area contributed by atoms with Crippen LogP contribution >= 0.6 is 0 Å². The fraction of sp³-hybridized carbons (Fsp3) is 0.667. The van der Waals surface area contributed by atoms with Crippen LogP contribution in [-0.2, 0) is 0 Å². The summed E-state index contributed by atoms with van der Waals surface area (Å²) in [6.45, 7) is 7.10. The molecule has 4 heteroatoms. The van der Waals surface area contributed by atoms with E-state index in [0.29, 0.717) is 5.92 Å². The molecule has 1 aromatic heterocycles. The van der Waals surface area contributed by atoms with Crippen molar-refractivity contribution >= 4 is 5.82 Å². The monoisotopic (exact) mass is 223 g/mol. The van der Waals surface area contributed by atoms with Gasteiger partial charge in [0.15, 0.2) is 0 Å². The van der Waals surface area contributed by atoms with E-state index in [1.807, 2.05) is 19.9 Å². The van der Waals surface area contributed by atoms with E-state index < -0.39 is 0 Å². The third-order valence-electron chi connectivity index (χ3n) is 2.65. The van der Waals surface area contributed by atoms with Crippen LogP contribution in [0.1, 0.15) is 31.3 Å². The summed E-state index contributed by atoms with van der Waals surface area (Å²) in [6, 6.07) is 1.94. The fourth-order valence-electron chi connectivity index (χ4n) is 1.69. The molecule has 2 N–H and O–H groups in total. The van der Waals surface area contributed by atoms with Crippen molar-refractivity contribution in [2.24, 2.45) is 5.92 Å². The smallest absolute Gasteiger partial charge is 0.129 e. The van der Waals surface area contributed by atoms with Crippen LogP contribution in [0.3, 0.4) is 0 Å². The fourth-order valence-corrected chi connectivity index (χ4v) is 1.69. The maximum atomic E-state index is 8.90. The van der Waals surface area contributed by atoms with Crippen molar-refractivity contribution in [3.8, 4) is 0 Å². The van der Waals surface area contributed by atoms with E-state index in [9.17, 15) is 0 Å². The van der Waals surface area contributed by atoms with Crippen LogP contribution in [0, 0.1) is 19.8 Å². The molecule has 0 saturated carbocycles. The van der Waals surface area contributed by atoms with Gasteiger partial charge in [-0.1, -0.05) is 13.3 Å². The maximum Gasteiger partial charge on any atom is 0.129 e. The zero-order valence-corrected chi connectivity index (χ0v) is 10.3. The van der Waals surface area contributed by atoms with Crippen molar-refractivity contribution in [3.63, 3.8) is 0 Å². The number of nitrogens with zero attached hydrogens (tertiary/aromatic N) is 2. The molecule has 0 amide bonds. The Morgan fingerprint density at radius 1 is 1.38 bits per heavy atom. The Morgan fingerprint density at radius 3 is 2.69 bits per heavy atom. The van der Waals surface area contributed by atoms with Crippen LogP contribution in [0.25, 0.3) is 0 Å². The summed E-state index contributed by atoms with van der Waals surface area (Å²) in [5.74, 6) is 2.17. The van der Waals surface area contributed by atoms with Gasteiger partial charge in [0.05, 0.1) is 0 Å². The minimum Gasteiger partial charge on any atom is -0.396 e. The summed E-state index contributed by atoms with van der Waals surface area (Å²) in [7, 11) is 0. The van der Waals surface area contributed by atoms with Crippen molar-refractivity contribution in [2.75, 3.05) is 18.5 Å². The Bertz CT molecular complexity index is 308. The van der Waals surface area contributed by atoms with E-state index in [2.05, 4.69) is 22.2 Å². The van der Waals surface area contributed by atoms with Gasteiger partial charge in [0.1, 0.15) is 11.6 Å². The van der Waals surface area contributed by atoms with Crippen molar-refractivity contribution in [1.82, 2.24) is 9.97 Å². The molecule has 1 rings (SSSR count). The molecule has 1 aromatic rings. The second-order valence-corrected chi connectivity index (χ2v) is 4.11. The first-order chi connectivity index (χ1) is 7.65. The molecular formula is C12H21N3O. The molecule has 1 atom stereocenters. The van der Waals surface area contributed by atoms with E-state index in [1.165, 1.54) is 0 Å². The van der Waals surface area contributed by atoms with Gasteiger partial charge in [-0.2, -0.15) is 0 Å². The van der Waals surface area contributed by atoms with Gasteiger partial charge >= 0.3 is 0 Å². The molecule has 1 heterocycles. The summed E-state index contributed by atoms with van der Waals surface area (Å²) < 4.78 is 0. The minimum atomic E-state index is 0.252. The van der Waals surface area contributed by atoms with Gasteiger partial charge in [-0.05, 0) is 26.2 Å². The lowest BCUT2D eigenvalue weighted by Gasteiger charge is -2.15. The van der Waals surface area contributed by atoms with Gasteiger partial charge in [-0.15, -0.1) is 0 Å². The highest BCUT2D eigenvalue weighted by Gasteiger charge is 2.06. The van der Waals surface area contributed by atoms with Gasteiger partial charge in [0, 0.05) is 24.9 Å². The van der Waals surface area contributed by atoms with E-state index in [-0.39, 0.29) is 6.61 Å². The van der Waals surface area contributed by atoms with Crippen molar-refractivity contribution in [2.45, 2.75) is 33.6 Å². The van der Waals surface area contributed by atoms with Gasteiger partial charge in [-0.25, -0.2) is 9.97 Å². The largest absolute Gasteiger partial charge is 0.396 e. The number of hydrogen-bond acceptors (Lipinski definition) is 4. The third kappa shape index (κ3) is 4.14. The quantitative estimate of drug-likeness (QED) is 0.773. The van der Waals surface area contributed by atoms with Crippen LogP contribution < -0.4 is 5.32 Å². The first-order valence-corrected chi connectivity index (χ1v) is 5.82. The zero-order valence-electron chi connectivity index (χ0n) is 10.3. The molecule has 0 radical (unpaired) electrons. The van der Waals surface area contributed by atoms with Crippen molar-refractivity contribution in [3.05, 3.63) is 17.6 Å². The van der Waals surface area contributed by atoms with E-state index >= 15 is 0 Å². The second-order valence-electron chi connectivity index (χ2n) is 4.11. The van der Waals surface area contributed by atoms with Gasteiger partial charge in [0.2, 0.25) is 0 Å². The Kier molecular flexibility index (Phi) is 5.19. The SMILES string of the molecule is CCC(CCO)CNc1cc(C)nc(C)n1. The first-order valence-electron chi connectivity index (χ1n) is 5.82. The predicted octanol–water partition coefficient (Wildman–Crippen LogP) is 1.91. The number of anilines is 1. The molecule has 0 bridgehead atoms. The molecular weight excluding hydrogens is 202 g/mol. The summed E-state index contributed by atoms with van der Waals surface area (Å²) in [4.78, 5) is 8.54. The highest BCUT2D eigenvalue weighted by molar-refractivity contribution is 5.35.